The van der Waals surface area contributed by atoms with Gasteiger partial charge in [-0.3, -0.25) is 0 Å². The Labute approximate surface area is 31.9 Å². The topological polar surface area (TPSA) is 33.0 Å². The summed E-state index contributed by atoms with van der Waals surface area (Å²) in [5.41, 5.74) is 6.60. The lowest BCUT2D eigenvalue weighted by atomic mass is 10.7. The molecule has 0 saturated carbocycles. The minimum atomic E-state index is -0.366. The molecule has 1 N–H and O–H groups in total. The molecule has 0 heterocycles. The van der Waals surface area contributed by atoms with Gasteiger partial charge in [0.15, 0.2) is 0 Å². The van der Waals surface area contributed by atoms with Crippen LogP contribution in [0.3, 0.4) is 0 Å². The van der Waals surface area contributed by atoms with Crippen molar-refractivity contribution >= 4 is 0 Å². The van der Waals surface area contributed by atoms with E-state index < -0.39 is 0 Å². The van der Waals surface area contributed by atoms with Crippen LogP contribution in [0.5, 0.6) is 0 Å². The molecule has 0 amide bonds. The first-order valence-electron chi connectivity index (χ1n) is 1.51. The molecular formula is C3H8NO-. The van der Waals surface area contributed by atoms with Crippen LogP contribution in [0.15, 0.2) is 0 Å². The van der Waals surface area contributed by atoms with Crippen LogP contribution in [0.2, 0.25) is 0 Å². The summed E-state index contributed by atoms with van der Waals surface area (Å²) in [5.74, 6) is 0. The highest BCUT2D eigenvalue weighted by Gasteiger charge is 1.67. The standard InChI is InChI=1S/C3H8NO/c1-3(4)5-2/h3-4H,1-2H3/q-1. The zero-order chi connectivity index (χ0) is 4.28. The van der Waals surface area contributed by atoms with Crippen molar-refractivity contribution in [3.8, 4) is 0 Å². The Balaban J connectivity index is 2.54. The van der Waals surface area contributed by atoms with E-state index in [0.717, 1.165) is 0 Å². The lowest BCUT2D eigenvalue weighted by Gasteiger charge is -2.07. The molecule has 0 fully saturated rings. The van der Waals surface area contributed by atoms with Crippen LogP contribution in [0.25, 0.3) is 5.73 Å². The zero-order valence-electron chi connectivity index (χ0n) is 3.49. The van der Waals surface area contributed by atoms with Crippen LogP contribution < -0.4 is 0 Å². The van der Waals surface area contributed by atoms with Crippen LogP contribution in [0.4, 0.5) is 0 Å². The van der Waals surface area contributed by atoms with Crippen molar-refractivity contribution < 1.29 is 4.74 Å². The first-order valence-corrected chi connectivity index (χ1v) is 1.51. The van der Waals surface area contributed by atoms with Gasteiger partial charge in [0.05, 0.1) is 0 Å². The lowest BCUT2D eigenvalue weighted by molar-refractivity contribution is 0.156. The van der Waals surface area contributed by atoms with Gasteiger partial charge < -0.3 is 10.5 Å². The molecular weight excluding hydrogens is 66.0 g/mol. The van der Waals surface area contributed by atoms with E-state index in [-0.39, 0.29) is 6.23 Å². The molecule has 0 aromatic heterocycles. The molecule has 1 atom stereocenters. The molecule has 0 aliphatic carbocycles. The smallest absolute Gasteiger partial charge is 0.0334 e. The Morgan fingerprint density at radius 1 is 1.80 bits per heavy atom. The molecule has 1 unspecified atom stereocenters. The molecule has 0 rings (SSSR count). The van der Waals surface area contributed by atoms with Crippen LogP contribution in [0, 0.1) is 0 Å². The third-order valence-corrected chi connectivity index (χ3v) is 0.354. The van der Waals surface area contributed by atoms with E-state index in [1.54, 1.807) is 6.92 Å². The van der Waals surface area contributed by atoms with Crippen LogP contribution in [0.1, 0.15) is 6.92 Å². The summed E-state index contributed by atoms with van der Waals surface area (Å²) >= 11 is 0. The van der Waals surface area contributed by atoms with Gasteiger partial charge in [-0.2, -0.15) is 0 Å². The van der Waals surface area contributed by atoms with Crippen molar-refractivity contribution in [2.24, 2.45) is 0 Å². The molecule has 0 aromatic rings. The highest BCUT2D eigenvalue weighted by atomic mass is 16.5. The summed E-state index contributed by atoms with van der Waals surface area (Å²) < 4.78 is 4.42. The molecule has 2 heteroatoms. The fourth-order valence-corrected chi connectivity index (χ4v) is 0. The Morgan fingerprint density at radius 3 is 2.00 bits per heavy atom. The molecule has 2 nitrogen and oxygen atoms in total. The van der Waals surface area contributed by atoms with E-state index >= 15 is 0 Å². The number of ether oxygens (including phenoxy) is 1. The maximum absolute atomic E-state index is 6.60. The van der Waals surface area contributed by atoms with Gasteiger partial charge in [0, 0.05) is 7.11 Å². The average molecular weight is 74.1 g/mol. The minimum Gasteiger partial charge on any atom is -0.652 e. The molecule has 0 aliphatic heterocycles. The second-order valence-corrected chi connectivity index (χ2v) is 0.878. The van der Waals surface area contributed by atoms with Gasteiger partial charge in [0.1, 0.15) is 0 Å². The second-order valence-electron chi connectivity index (χ2n) is 0.878. The molecule has 32 valence electrons. The second kappa shape index (κ2) is 2.18. The normalized spacial score (nSPS) is 15.0. The minimum absolute atomic E-state index is 0.366. The van der Waals surface area contributed by atoms with Crippen molar-refractivity contribution in [1.82, 2.24) is 0 Å². The predicted octanol–water partition coefficient (Wildman–Crippen LogP) is 1.03. The SMILES string of the molecule is COC(C)[NH-]. The third-order valence-electron chi connectivity index (χ3n) is 0.354. The predicted molar refractivity (Wildman–Crippen MR) is 20.8 cm³/mol. The van der Waals surface area contributed by atoms with Gasteiger partial charge in [-0.1, -0.05) is 6.92 Å². The molecule has 0 radical (unpaired) electrons. The number of rotatable bonds is 1. The van der Waals surface area contributed by atoms with Crippen LogP contribution in [-0.4, -0.2) is 13.3 Å². The highest BCUT2D eigenvalue weighted by Crippen LogP contribution is 1.80. The zero-order valence-corrected chi connectivity index (χ0v) is 3.49. The molecule has 5 heavy (non-hydrogen) atoms. The quantitative estimate of drug-likeness (QED) is 0.457. The molecule has 0 aromatic carbocycles. The Kier molecular flexibility index (Phi) is 2.14. The number of nitrogens with one attached hydrogen (secondary N) is 1. The van der Waals surface area contributed by atoms with Crippen LogP contribution in [-0.2, 0) is 4.74 Å². The van der Waals surface area contributed by atoms with Crippen molar-refractivity contribution in [2.45, 2.75) is 13.2 Å². The Hall–Kier alpha value is -0.0800. The Bertz CT molecular complexity index is 20.9. The summed E-state index contributed by atoms with van der Waals surface area (Å²) in [4.78, 5) is 0. The van der Waals surface area contributed by atoms with Gasteiger partial charge in [-0.15, -0.1) is 0 Å². The molecule has 0 bridgehead atoms. The average Bonchev–Trinajstić information content (AvgIpc) is 1.38. The van der Waals surface area contributed by atoms with E-state index in [4.69, 9.17) is 5.73 Å². The summed E-state index contributed by atoms with van der Waals surface area (Å²) in [6.45, 7) is 1.67. The number of hydrogen-bond donors (Lipinski definition) is 0. The molecule has 0 spiro atoms. The first kappa shape index (κ1) is 4.92. The Morgan fingerprint density at radius 2 is 2.00 bits per heavy atom. The number of hydrogen-bond acceptors (Lipinski definition) is 1. The summed E-state index contributed by atoms with van der Waals surface area (Å²) in [6.07, 6.45) is -0.366. The first-order chi connectivity index (χ1) is 2.27. The van der Waals surface area contributed by atoms with Gasteiger partial charge in [-0.25, -0.2) is 0 Å². The molecule has 0 aliphatic rings. The summed E-state index contributed by atoms with van der Waals surface area (Å²) in [6, 6.07) is 0. The van der Waals surface area contributed by atoms with Gasteiger partial charge in [0.2, 0.25) is 0 Å². The lowest BCUT2D eigenvalue weighted by Crippen LogP contribution is -1.92. The summed E-state index contributed by atoms with van der Waals surface area (Å²) in [5, 5.41) is 0. The van der Waals surface area contributed by atoms with E-state index in [1.807, 2.05) is 0 Å². The maximum Gasteiger partial charge on any atom is 0.0334 e. The monoisotopic (exact) mass is 74.1 g/mol. The van der Waals surface area contributed by atoms with Crippen molar-refractivity contribution in [2.75, 3.05) is 7.11 Å². The van der Waals surface area contributed by atoms with Gasteiger partial charge >= 0.3 is 0 Å². The maximum atomic E-state index is 6.60. The number of methoxy groups -OCH3 is 1. The summed E-state index contributed by atoms with van der Waals surface area (Å²) in [7, 11) is 1.51. The van der Waals surface area contributed by atoms with Crippen molar-refractivity contribution in [1.29, 1.82) is 0 Å². The molecule has 0 saturated heterocycles. The van der Waals surface area contributed by atoms with Gasteiger partial charge in [0.25, 0.3) is 0 Å². The largest absolute Gasteiger partial charge is 0.652 e. The van der Waals surface area contributed by atoms with E-state index in [9.17, 15) is 0 Å². The van der Waals surface area contributed by atoms with E-state index in [0.29, 0.717) is 0 Å². The van der Waals surface area contributed by atoms with Crippen LogP contribution >= 0.6 is 0 Å². The van der Waals surface area contributed by atoms with Crippen molar-refractivity contribution in [3.63, 3.8) is 0 Å². The van der Waals surface area contributed by atoms with E-state index in [2.05, 4.69) is 4.74 Å². The fraction of sp³-hybridized carbons (Fsp3) is 1.00. The van der Waals surface area contributed by atoms with E-state index in [1.165, 1.54) is 7.11 Å². The third kappa shape index (κ3) is 3.92. The highest BCUT2D eigenvalue weighted by molar-refractivity contribution is 4.48. The van der Waals surface area contributed by atoms with Crippen molar-refractivity contribution in [3.05, 3.63) is 5.73 Å². The van der Waals surface area contributed by atoms with Gasteiger partial charge in [-0.05, 0) is 6.23 Å². The fourth-order valence-electron chi connectivity index (χ4n) is 0.